The third kappa shape index (κ3) is 7.75. The van der Waals surface area contributed by atoms with Gasteiger partial charge in [0.1, 0.15) is 17.9 Å². The third-order valence-corrected chi connectivity index (χ3v) is 4.44. The number of hydrogen-bond donors (Lipinski definition) is 0. The number of hydrogen-bond acceptors (Lipinski definition) is 3. The number of nitrogens with zero attached hydrogens (tertiary/aromatic N) is 1. The Kier molecular flexibility index (Phi) is 8.91. The zero-order valence-electron chi connectivity index (χ0n) is 18.5. The van der Waals surface area contributed by atoms with Crippen LogP contribution in [-0.4, -0.2) is 24.6 Å². The minimum atomic E-state index is -4.71. The Balaban J connectivity index is 0.000000379. The molecule has 0 radical (unpaired) electrons. The zero-order chi connectivity index (χ0) is 25.3. The largest absolute Gasteiger partial charge is 0.495 e. The summed E-state index contributed by atoms with van der Waals surface area (Å²) in [6.07, 6.45) is -2.33. The van der Waals surface area contributed by atoms with Gasteiger partial charge in [-0.3, -0.25) is 9.78 Å². The van der Waals surface area contributed by atoms with Gasteiger partial charge < -0.3 is 4.74 Å². The average molecular weight is 467 g/mol. The minimum Gasteiger partial charge on any atom is -0.495 e. The van der Waals surface area contributed by atoms with E-state index in [1.807, 2.05) is 31.2 Å². The highest BCUT2D eigenvalue weighted by Gasteiger charge is 2.23. The van der Waals surface area contributed by atoms with E-state index in [0.717, 1.165) is 17.8 Å². The highest BCUT2D eigenvalue weighted by Crippen LogP contribution is 2.18. The molecule has 3 aromatic rings. The predicted octanol–water partition coefficient (Wildman–Crippen LogP) is 5.17. The highest BCUT2D eigenvalue weighted by atomic mass is 19.4. The Bertz CT molecular complexity index is 1330. The van der Waals surface area contributed by atoms with E-state index in [1.165, 1.54) is 24.9 Å². The van der Waals surface area contributed by atoms with Crippen molar-refractivity contribution in [2.45, 2.75) is 13.1 Å². The summed E-state index contributed by atoms with van der Waals surface area (Å²) < 4.78 is 55.5. The van der Waals surface area contributed by atoms with Crippen LogP contribution < -0.4 is 15.2 Å². The summed E-state index contributed by atoms with van der Waals surface area (Å²) in [5.41, 5.74) is 2.66. The molecule has 0 amide bonds. The van der Waals surface area contributed by atoms with Crippen molar-refractivity contribution in [1.82, 2.24) is 4.98 Å². The van der Waals surface area contributed by atoms with Crippen LogP contribution in [0.25, 0.3) is 23.7 Å². The summed E-state index contributed by atoms with van der Waals surface area (Å²) in [4.78, 5) is 14.3. The molecule has 0 aliphatic carbocycles. The molecule has 7 heteroatoms. The number of alkyl halides is 3. The number of carbonyl (C=O) groups is 1. The van der Waals surface area contributed by atoms with Crippen molar-refractivity contribution in [3.05, 3.63) is 94.5 Å². The molecule has 0 N–H and O–H groups in total. The van der Waals surface area contributed by atoms with Gasteiger partial charge in [0, 0.05) is 22.3 Å². The molecular weight excluding hydrogens is 446 g/mol. The molecule has 0 saturated carbocycles. The molecule has 34 heavy (non-hydrogen) atoms. The second-order valence-corrected chi connectivity index (χ2v) is 7.02. The number of carbonyl (C=O) groups excluding carboxylic acids is 1. The molecule has 0 unspecified atom stereocenters. The van der Waals surface area contributed by atoms with Crippen LogP contribution in [0.15, 0.2) is 72.9 Å². The summed E-state index contributed by atoms with van der Waals surface area (Å²) in [5.74, 6) is 2.30. The summed E-state index contributed by atoms with van der Waals surface area (Å²) >= 11 is 0. The van der Waals surface area contributed by atoms with Crippen molar-refractivity contribution in [1.29, 1.82) is 0 Å². The van der Waals surface area contributed by atoms with Crippen LogP contribution in [0.4, 0.5) is 17.6 Å². The summed E-state index contributed by atoms with van der Waals surface area (Å²) in [6, 6.07) is 15.5. The van der Waals surface area contributed by atoms with Crippen LogP contribution in [0.2, 0.25) is 0 Å². The molecule has 3 nitrogen and oxygen atoms in total. The van der Waals surface area contributed by atoms with E-state index >= 15 is 0 Å². The first-order valence-corrected chi connectivity index (χ1v) is 9.84. The molecule has 0 bridgehead atoms. The number of aromatic nitrogens is 1. The number of aryl methyl sites for hydroxylation is 1. The van der Waals surface area contributed by atoms with Crippen molar-refractivity contribution >= 4 is 18.7 Å². The zero-order valence-corrected chi connectivity index (χ0v) is 18.5. The number of aldehydes is 1. The Morgan fingerprint density at radius 1 is 1.09 bits per heavy atom. The molecule has 0 aliphatic rings. The van der Waals surface area contributed by atoms with Crippen LogP contribution in [-0.2, 0) is 0 Å². The quantitative estimate of drug-likeness (QED) is 0.302. The minimum absolute atomic E-state index is 0.0266. The fourth-order valence-corrected chi connectivity index (χ4v) is 2.65. The number of pyridine rings is 1. The van der Waals surface area contributed by atoms with Crippen molar-refractivity contribution < 1.29 is 27.1 Å². The molecule has 1 aromatic heterocycles. The Morgan fingerprint density at radius 2 is 1.76 bits per heavy atom. The number of allylic oxidation sites excluding steroid dienone is 1. The molecular formula is C27H21F4NO2. The van der Waals surface area contributed by atoms with Gasteiger partial charge in [-0.15, -0.1) is 0 Å². The van der Waals surface area contributed by atoms with Crippen LogP contribution in [0.1, 0.15) is 15.9 Å². The van der Waals surface area contributed by atoms with Crippen LogP contribution in [0.5, 0.6) is 5.75 Å². The van der Waals surface area contributed by atoms with E-state index in [0.29, 0.717) is 17.0 Å². The fraction of sp³-hybridized carbons (Fsp3) is 0.111. The lowest BCUT2D eigenvalue weighted by molar-refractivity contribution is -0.0696. The van der Waals surface area contributed by atoms with Crippen molar-refractivity contribution in [3.63, 3.8) is 0 Å². The molecule has 0 atom stereocenters. The summed E-state index contributed by atoms with van der Waals surface area (Å²) in [5, 5.41) is 0.307. The van der Waals surface area contributed by atoms with Gasteiger partial charge in [-0.2, -0.15) is 13.2 Å². The first-order valence-electron chi connectivity index (χ1n) is 9.84. The van der Waals surface area contributed by atoms with E-state index < -0.39 is 17.6 Å². The van der Waals surface area contributed by atoms with Crippen molar-refractivity contribution in [2.75, 3.05) is 7.11 Å². The Labute approximate surface area is 194 Å². The lowest BCUT2D eigenvalue weighted by Gasteiger charge is -2.04. The smallest absolute Gasteiger partial charge is 0.458 e. The lowest BCUT2D eigenvalue weighted by atomic mass is 10.1. The van der Waals surface area contributed by atoms with Gasteiger partial charge in [-0.25, -0.2) is 4.39 Å². The number of halogens is 4. The normalized spacial score (nSPS) is 11.2. The molecule has 1 heterocycles. The summed E-state index contributed by atoms with van der Waals surface area (Å²) in [7, 11) is 1.52. The third-order valence-electron chi connectivity index (χ3n) is 4.44. The van der Waals surface area contributed by atoms with E-state index in [1.54, 1.807) is 30.2 Å². The van der Waals surface area contributed by atoms with Gasteiger partial charge in [0.25, 0.3) is 0 Å². The Morgan fingerprint density at radius 3 is 2.26 bits per heavy atom. The van der Waals surface area contributed by atoms with Crippen LogP contribution in [0.3, 0.4) is 0 Å². The van der Waals surface area contributed by atoms with Gasteiger partial charge in [-0.05, 0) is 30.3 Å². The second kappa shape index (κ2) is 11.6. The molecule has 174 valence electrons. The number of rotatable bonds is 4. The maximum absolute atomic E-state index is 14.3. The molecule has 3 rings (SSSR count). The SMILES string of the molecule is C=C(C#CC(F)(F)F)/C(F)=c1/ccc(-c2ccc(OC)cn2)cc1=C.Cc1ccc(C=O)cc1. The summed E-state index contributed by atoms with van der Waals surface area (Å²) in [6.45, 7) is 8.96. The first kappa shape index (κ1) is 26.1. The van der Waals surface area contributed by atoms with Crippen LogP contribution in [0, 0.1) is 18.8 Å². The average Bonchev–Trinajstić information content (AvgIpc) is 2.82. The molecule has 0 saturated heterocycles. The predicted molar refractivity (Wildman–Crippen MR) is 125 cm³/mol. The standard InChI is InChI=1S/C19H13F4NO.C8H8O/c1-12(8-9-19(21,22)23)18(20)16-6-4-14(10-13(16)2)17-7-5-15(25-3)11-24-17;1-7-2-4-8(6-9)5-3-7/h4-7,10-11H,1-2H2,3H3;2-6H,1H3/b18-16+;. The monoisotopic (exact) mass is 467 g/mol. The molecule has 0 spiro atoms. The van der Waals surface area contributed by atoms with E-state index in [9.17, 15) is 22.4 Å². The Hall–Kier alpha value is -4.18. The van der Waals surface area contributed by atoms with Gasteiger partial charge >= 0.3 is 6.18 Å². The van der Waals surface area contributed by atoms with Crippen molar-refractivity contribution in [2.24, 2.45) is 0 Å². The highest BCUT2D eigenvalue weighted by molar-refractivity contribution is 5.74. The molecule has 0 fully saturated rings. The van der Waals surface area contributed by atoms with Gasteiger partial charge in [-0.1, -0.05) is 61.0 Å². The first-order chi connectivity index (χ1) is 16.0. The number of benzene rings is 2. The van der Waals surface area contributed by atoms with E-state index in [4.69, 9.17) is 4.74 Å². The van der Waals surface area contributed by atoms with E-state index in [2.05, 4.69) is 18.1 Å². The van der Waals surface area contributed by atoms with Crippen molar-refractivity contribution in [3.8, 4) is 28.8 Å². The molecule has 2 aromatic carbocycles. The van der Waals surface area contributed by atoms with Gasteiger partial charge in [0.2, 0.25) is 0 Å². The molecule has 0 aliphatic heterocycles. The topological polar surface area (TPSA) is 39.2 Å². The second-order valence-electron chi connectivity index (χ2n) is 7.02. The number of methoxy groups -OCH3 is 1. The van der Waals surface area contributed by atoms with E-state index in [-0.39, 0.29) is 10.4 Å². The maximum Gasteiger partial charge on any atom is 0.458 e. The lowest BCUT2D eigenvalue weighted by Crippen LogP contribution is -2.25. The van der Waals surface area contributed by atoms with Gasteiger partial charge in [0.05, 0.1) is 24.6 Å². The fourth-order valence-electron chi connectivity index (χ4n) is 2.65. The number of ether oxygens (including phenoxy) is 1. The maximum atomic E-state index is 14.3. The van der Waals surface area contributed by atoms with Crippen LogP contribution >= 0.6 is 0 Å². The van der Waals surface area contributed by atoms with Gasteiger partial charge in [0.15, 0.2) is 0 Å².